The first kappa shape index (κ1) is 15.3. The number of rotatable bonds is 4. The number of sulfonamides is 1. The van der Waals surface area contributed by atoms with E-state index in [1.807, 2.05) is 0 Å². The molecular formula is C10H11ClF3NO2S. The molecule has 0 radical (unpaired) electrons. The van der Waals surface area contributed by atoms with Gasteiger partial charge in [0.25, 0.3) is 0 Å². The maximum Gasteiger partial charge on any atom is 0.416 e. The molecule has 0 N–H and O–H groups in total. The van der Waals surface area contributed by atoms with E-state index in [0.717, 1.165) is 22.5 Å². The van der Waals surface area contributed by atoms with Gasteiger partial charge in [-0.05, 0) is 18.2 Å². The van der Waals surface area contributed by atoms with Crippen LogP contribution in [0.4, 0.5) is 13.2 Å². The van der Waals surface area contributed by atoms with E-state index in [-0.39, 0.29) is 12.4 Å². The molecule has 0 aromatic heterocycles. The summed E-state index contributed by atoms with van der Waals surface area (Å²) in [5, 5.41) is 0. The summed E-state index contributed by atoms with van der Waals surface area (Å²) in [5.74, 6) is 0.0642. The molecule has 0 heterocycles. The summed E-state index contributed by atoms with van der Waals surface area (Å²) in [6.07, 6.45) is -4.57. The average Bonchev–Trinajstić information content (AvgIpc) is 2.28. The van der Waals surface area contributed by atoms with Gasteiger partial charge in [-0.15, -0.1) is 11.6 Å². The minimum absolute atomic E-state index is 0.0279. The molecule has 0 amide bonds. The third-order valence-corrected chi connectivity index (χ3v) is 4.29. The van der Waals surface area contributed by atoms with Crippen molar-refractivity contribution in [2.75, 3.05) is 19.5 Å². The van der Waals surface area contributed by atoms with Crippen molar-refractivity contribution in [2.45, 2.75) is 11.1 Å². The number of hydrogen-bond donors (Lipinski definition) is 0. The number of alkyl halides is 4. The molecular weight excluding hydrogens is 291 g/mol. The van der Waals surface area contributed by atoms with Crippen molar-refractivity contribution in [3.8, 4) is 0 Å². The molecule has 0 unspecified atom stereocenters. The first-order valence-corrected chi connectivity index (χ1v) is 6.86. The predicted molar refractivity (Wildman–Crippen MR) is 62.0 cm³/mol. The van der Waals surface area contributed by atoms with E-state index in [4.69, 9.17) is 11.6 Å². The number of hydrogen-bond acceptors (Lipinski definition) is 2. The molecule has 8 heteroatoms. The summed E-state index contributed by atoms with van der Waals surface area (Å²) < 4.78 is 62.1. The van der Waals surface area contributed by atoms with E-state index in [2.05, 4.69) is 0 Å². The molecule has 18 heavy (non-hydrogen) atoms. The largest absolute Gasteiger partial charge is 0.416 e. The Morgan fingerprint density at radius 1 is 1.33 bits per heavy atom. The SMILES string of the molecule is CN(CCCl)S(=O)(=O)c1cccc(C(F)(F)F)c1. The second-order valence-electron chi connectivity index (χ2n) is 3.54. The first-order chi connectivity index (χ1) is 8.19. The van der Waals surface area contributed by atoms with Crippen LogP contribution in [0.25, 0.3) is 0 Å². The Labute approximate surface area is 108 Å². The summed E-state index contributed by atoms with van der Waals surface area (Å²) in [7, 11) is -2.67. The molecule has 3 nitrogen and oxygen atoms in total. The fraction of sp³-hybridized carbons (Fsp3) is 0.400. The van der Waals surface area contributed by atoms with E-state index in [9.17, 15) is 21.6 Å². The van der Waals surface area contributed by atoms with E-state index in [0.29, 0.717) is 6.07 Å². The normalized spacial score (nSPS) is 13.0. The smallest absolute Gasteiger partial charge is 0.207 e. The van der Waals surface area contributed by atoms with Gasteiger partial charge in [-0.1, -0.05) is 6.07 Å². The van der Waals surface area contributed by atoms with Crippen LogP contribution in [0, 0.1) is 0 Å². The van der Waals surface area contributed by atoms with Gasteiger partial charge in [0, 0.05) is 19.5 Å². The van der Waals surface area contributed by atoms with Gasteiger partial charge < -0.3 is 0 Å². The summed E-state index contributed by atoms with van der Waals surface area (Å²) >= 11 is 5.41. The van der Waals surface area contributed by atoms with E-state index < -0.39 is 26.7 Å². The second-order valence-corrected chi connectivity index (χ2v) is 5.96. The van der Waals surface area contributed by atoms with Crippen LogP contribution in [0.15, 0.2) is 29.2 Å². The van der Waals surface area contributed by atoms with Gasteiger partial charge in [-0.25, -0.2) is 8.42 Å². The van der Waals surface area contributed by atoms with Crippen molar-refractivity contribution >= 4 is 21.6 Å². The highest BCUT2D eigenvalue weighted by Gasteiger charge is 2.32. The third-order valence-electron chi connectivity index (χ3n) is 2.27. The number of nitrogens with zero attached hydrogens (tertiary/aromatic N) is 1. The van der Waals surface area contributed by atoms with Crippen LogP contribution in [0.2, 0.25) is 0 Å². The lowest BCUT2D eigenvalue weighted by atomic mass is 10.2. The van der Waals surface area contributed by atoms with E-state index in [1.54, 1.807) is 0 Å². The Balaban J connectivity index is 3.18. The molecule has 1 rings (SSSR count). The van der Waals surface area contributed by atoms with Crippen molar-refractivity contribution < 1.29 is 21.6 Å². The van der Waals surface area contributed by atoms with Gasteiger partial charge in [-0.2, -0.15) is 17.5 Å². The maximum absolute atomic E-state index is 12.5. The van der Waals surface area contributed by atoms with Gasteiger partial charge in [0.2, 0.25) is 10.0 Å². The Bertz CT molecular complexity index is 516. The quantitative estimate of drug-likeness (QED) is 0.802. The number of benzene rings is 1. The van der Waals surface area contributed by atoms with Crippen molar-refractivity contribution in [2.24, 2.45) is 0 Å². The van der Waals surface area contributed by atoms with E-state index >= 15 is 0 Å². The van der Waals surface area contributed by atoms with Crippen molar-refractivity contribution in [1.29, 1.82) is 0 Å². The zero-order chi connectivity index (χ0) is 14.0. The molecule has 0 aliphatic carbocycles. The minimum Gasteiger partial charge on any atom is -0.207 e. The Kier molecular flexibility index (Phi) is 4.63. The third kappa shape index (κ3) is 3.37. The van der Waals surface area contributed by atoms with Crippen LogP contribution in [0.3, 0.4) is 0 Å². The van der Waals surface area contributed by atoms with Crippen LogP contribution >= 0.6 is 11.6 Å². The van der Waals surface area contributed by atoms with Gasteiger partial charge in [-0.3, -0.25) is 0 Å². The molecule has 1 aromatic carbocycles. The standard InChI is InChI=1S/C10H11ClF3NO2S/c1-15(6-5-11)18(16,17)9-4-2-3-8(7-9)10(12,13)14/h2-4,7H,5-6H2,1H3. The number of halogens is 4. The van der Waals surface area contributed by atoms with Crippen molar-refractivity contribution in [1.82, 2.24) is 4.31 Å². The van der Waals surface area contributed by atoms with Crippen LogP contribution < -0.4 is 0 Å². The molecule has 0 saturated carbocycles. The molecule has 0 aliphatic rings. The van der Waals surface area contributed by atoms with E-state index in [1.165, 1.54) is 7.05 Å². The highest BCUT2D eigenvalue weighted by molar-refractivity contribution is 7.89. The monoisotopic (exact) mass is 301 g/mol. The molecule has 1 aromatic rings. The van der Waals surface area contributed by atoms with Crippen molar-refractivity contribution in [3.63, 3.8) is 0 Å². The van der Waals surface area contributed by atoms with Gasteiger partial charge >= 0.3 is 6.18 Å². The highest BCUT2D eigenvalue weighted by atomic mass is 35.5. The molecule has 0 atom stereocenters. The average molecular weight is 302 g/mol. The Morgan fingerprint density at radius 2 is 1.94 bits per heavy atom. The van der Waals surface area contributed by atoms with Gasteiger partial charge in [0.05, 0.1) is 10.5 Å². The van der Waals surface area contributed by atoms with Gasteiger partial charge in [0.15, 0.2) is 0 Å². The van der Waals surface area contributed by atoms with Gasteiger partial charge in [0.1, 0.15) is 0 Å². The molecule has 0 fully saturated rings. The summed E-state index contributed by atoms with van der Waals surface area (Å²) in [4.78, 5) is -0.398. The molecule has 0 spiro atoms. The topological polar surface area (TPSA) is 37.4 Å². The molecule has 0 aliphatic heterocycles. The fourth-order valence-electron chi connectivity index (χ4n) is 1.25. The highest BCUT2D eigenvalue weighted by Crippen LogP contribution is 2.30. The zero-order valence-electron chi connectivity index (χ0n) is 9.41. The molecule has 0 bridgehead atoms. The summed E-state index contributed by atoms with van der Waals surface area (Å²) in [6, 6.07) is 3.61. The predicted octanol–water partition coefficient (Wildman–Crippen LogP) is 2.56. The summed E-state index contributed by atoms with van der Waals surface area (Å²) in [6.45, 7) is 0.0279. The van der Waals surface area contributed by atoms with Crippen molar-refractivity contribution in [3.05, 3.63) is 29.8 Å². The summed E-state index contributed by atoms with van der Waals surface area (Å²) in [5.41, 5.74) is -0.997. The second kappa shape index (κ2) is 5.46. The van der Waals surface area contributed by atoms with Crippen LogP contribution in [-0.4, -0.2) is 32.2 Å². The zero-order valence-corrected chi connectivity index (χ0v) is 11.0. The Morgan fingerprint density at radius 3 is 2.44 bits per heavy atom. The minimum atomic E-state index is -4.57. The first-order valence-electron chi connectivity index (χ1n) is 4.89. The fourth-order valence-corrected chi connectivity index (χ4v) is 2.82. The lowest BCUT2D eigenvalue weighted by Crippen LogP contribution is -2.29. The Hall–Kier alpha value is -0.790. The molecule has 102 valence electrons. The lowest BCUT2D eigenvalue weighted by Gasteiger charge is -2.16. The van der Waals surface area contributed by atoms with Crippen LogP contribution in [0.1, 0.15) is 5.56 Å². The lowest BCUT2D eigenvalue weighted by molar-refractivity contribution is -0.137. The van der Waals surface area contributed by atoms with Crippen LogP contribution in [-0.2, 0) is 16.2 Å². The van der Waals surface area contributed by atoms with Crippen LogP contribution in [0.5, 0.6) is 0 Å². The molecule has 0 saturated heterocycles. The maximum atomic E-state index is 12.5.